The van der Waals surface area contributed by atoms with E-state index in [0.717, 1.165) is 59.9 Å². The molecular weight excluding hydrogens is 386 g/mol. The Morgan fingerprint density at radius 2 is 1.77 bits per heavy atom. The van der Waals surface area contributed by atoms with Crippen LogP contribution in [0.1, 0.15) is 22.5 Å². The third kappa shape index (κ3) is 5.03. The number of aromatic nitrogens is 2. The number of para-hydroxylation sites is 1. The van der Waals surface area contributed by atoms with Gasteiger partial charge in [0.05, 0.1) is 16.9 Å². The van der Waals surface area contributed by atoms with Gasteiger partial charge in [-0.1, -0.05) is 18.2 Å². The lowest BCUT2D eigenvalue weighted by molar-refractivity contribution is 0.0935. The van der Waals surface area contributed by atoms with Gasteiger partial charge in [-0.05, 0) is 57.7 Å². The smallest absolute Gasteiger partial charge is 0.167 e. The second-order valence-corrected chi connectivity index (χ2v) is 8.72. The standard InChI is InChI=1S/C25H31N5O/c1-29(2)13-14-30(3)17-18-15-21-23(22(31)16-18)25(27-20-7-5-4-6-8-20)24(28-21)19-9-11-26-12-10-19/h4-12,18,27-28H,13-17H2,1-3H3. The van der Waals surface area contributed by atoms with Gasteiger partial charge in [-0.15, -0.1) is 0 Å². The fraction of sp³-hybridized carbons (Fsp3) is 0.360. The first-order valence-electron chi connectivity index (χ1n) is 10.8. The van der Waals surface area contributed by atoms with Crippen molar-refractivity contribution in [3.8, 4) is 11.3 Å². The molecule has 0 aliphatic heterocycles. The van der Waals surface area contributed by atoms with Gasteiger partial charge in [-0.2, -0.15) is 0 Å². The second kappa shape index (κ2) is 9.45. The molecule has 0 fully saturated rings. The number of nitrogens with zero attached hydrogens (tertiary/aromatic N) is 3. The number of rotatable bonds is 8. The first-order chi connectivity index (χ1) is 15.0. The Hall–Kier alpha value is -2.96. The first-order valence-corrected chi connectivity index (χ1v) is 10.8. The van der Waals surface area contributed by atoms with Gasteiger partial charge in [0.1, 0.15) is 0 Å². The van der Waals surface area contributed by atoms with E-state index in [2.05, 4.69) is 46.2 Å². The average Bonchev–Trinajstić information content (AvgIpc) is 3.12. The maximum atomic E-state index is 13.3. The van der Waals surface area contributed by atoms with Gasteiger partial charge in [0.25, 0.3) is 0 Å². The number of anilines is 2. The summed E-state index contributed by atoms with van der Waals surface area (Å²) in [6.45, 7) is 2.94. The number of Topliss-reactive ketones (excluding diaryl/α,β-unsaturated/α-hetero) is 1. The zero-order valence-corrected chi connectivity index (χ0v) is 18.6. The van der Waals surface area contributed by atoms with E-state index in [-0.39, 0.29) is 5.78 Å². The van der Waals surface area contributed by atoms with Gasteiger partial charge >= 0.3 is 0 Å². The monoisotopic (exact) mass is 417 g/mol. The molecule has 0 spiro atoms. The van der Waals surface area contributed by atoms with Crippen molar-refractivity contribution in [1.82, 2.24) is 19.8 Å². The molecule has 0 saturated carbocycles. The summed E-state index contributed by atoms with van der Waals surface area (Å²) in [6, 6.07) is 14.0. The number of aromatic amines is 1. The summed E-state index contributed by atoms with van der Waals surface area (Å²) in [7, 11) is 6.32. The number of hydrogen-bond donors (Lipinski definition) is 2. The lowest BCUT2D eigenvalue weighted by Crippen LogP contribution is -2.35. The summed E-state index contributed by atoms with van der Waals surface area (Å²) in [5.74, 6) is 0.530. The molecule has 3 aromatic rings. The van der Waals surface area contributed by atoms with Gasteiger partial charge in [0.15, 0.2) is 5.78 Å². The van der Waals surface area contributed by atoms with E-state index in [4.69, 9.17) is 0 Å². The van der Waals surface area contributed by atoms with Crippen LogP contribution in [0.25, 0.3) is 11.3 Å². The minimum Gasteiger partial charge on any atom is -0.356 e. The number of fused-ring (bicyclic) bond motifs is 1. The van der Waals surface area contributed by atoms with Crippen molar-refractivity contribution in [3.05, 3.63) is 66.1 Å². The number of H-pyrrole nitrogens is 1. The first kappa shape index (κ1) is 21.3. The second-order valence-electron chi connectivity index (χ2n) is 8.72. The van der Waals surface area contributed by atoms with E-state index in [9.17, 15) is 4.79 Å². The molecule has 1 aliphatic carbocycles. The number of likely N-dealkylation sites (N-methyl/N-ethyl adjacent to an activating group) is 2. The van der Waals surface area contributed by atoms with Crippen LogP contribution in [-0.2, 0) is 6.42 Å². The highest BCUT2D eigenvalue weighted by molar-refractivity contribution is 6.07. The minimum atomic E-state index is 0.210. The fourth-order valence-electron chi connectivity index (χ4n) is 4.30. The third-order valence-corrected chi connectivity index (χ3v) is 5.83. The Morgan fingerprint density at radius 1 is 1.03 bits per heavy atom. The van der Waals surface area contributed by atoms with Crippen LogP contribution in [-0.4, -0.2) is 66.3 Å². The summed E-state index contributed by atoms with van der Waals surface area (Å²) in [5.41, 5.74) is 5.66. The molecule has 1 aromatic carbocycles. The molecule has 2 N–H and O–H groups in total. The molecule has 1 aliphatic rings. The molecule has 0 saturated heterocycles. The summed E-state index contributed by atoms with van der Waals surface area (Å²) >= 11 is 0. The highest BCUT2D eigenvalue weighted by Gasteiger charge is 2.32. The van der Waals surface area contributed by atoms with Crippen molar-refractivity contribution in [1.29, 1.82) is 0 Å². The summed E-state index contributed by atoms with van der Waals surface area (Å²) in [4.78, 5) is 25.6. The Kier molecular flexibility index (Phi) is 6.49. The molecule has 162 valence electrons. The van der Waals surface area contributed by atoms with Gasteiger partial charge in [-0.3, -0.25) is 9.78 Å². The van der Waals surface area contributed by atoms with E-state index < -0.39 is 0 Å². The Balaban J connectivity index is 1.63. The Bertz CT molecular complexity index is 1010. The van der Waals surface area contributed by atoms with Crippen LogP contribution in [0.3, 0.4) is 0 Å². The molecule has 2 heterocycles. The highest BCUT2D eigenvalue weighted by Crippen LogP contribution is 2.39. The SMILES string of the molecule is CN(C)CCN(C)CC1CC(=O)c2c([nH]c(-c3ccncc3)c2Nc2ccccc2)C1. The van der Waals surface area contributed by atoms with E-state index in [0.29, 0.717) is 12.3 Å². The van der Waals surface area contributed by atoms with Crippen LogP contribution in [0, 0.1) is 5.92 Å². The number of ketones is 1. The molecule has 4 rings (SSSR count). The number of benzene rings is 1. The largest absolute Gasteiger partial charge is 0.356 e. The lowest BCUT2D eigenvalue weighted by Gasteiger charge is -2.27. The minimum absolute atomic E-state index is 0.210. The zero-order valence-electron chi connectivity index (χ0n) is 18.6. The van der Waals surface area contributed by atoms with E-state index in [1.54, 1.807) is 12.4 Å². The van der Waals surface area contributed by atoms with Crippen LogP contribution < -0.4 is 5.32 Å². The summed E-state index contributed by atoms with van der Waals surface area (Å²) in [5, 5.41) is 3.51. The Morgan fingerprint density at radius 3 is 2.48 bits per heavy atom. The molecule has 0 radical (unpaired) electrons. The normalized spacial score (nSPS) is 16.0. The van der Waals surface area contributed by atoms with Crippen molar-refractivity contribution in [3.63, 3.8) is 0 Å². The molecule has 1 atom stereocenters. The predicted molar refractivity (Wildman–Crippen MR) is 126 cm³/mol. The maximum absolute atomic E-state index is 13.3. The van der Waals surface area contributed by atoms with E-state index >= 15 is 0 Å². The van der Waals surface area contributed by atoms with Gasteiger partial charge in [-0.25, -0.2) is 0 Å². The number of hydrogen-bond acceptors (Lipinski definition) is 5. The average molecular weight is 418 g/mol. The molecule has 1 unspecified atom stereocenters. The van der Waals surface area contributed by atoms with Crippen LogP contribution in [0.15, 0.2) is 54.9 Å². The van der Waals surface area contributed by atoms with Crippen LogP contribution in [0.2, 0.25) is 0 Å². The number of carbonyl (C=O) groups is 1. The Labute approximate surface area is 184 Å². The van der Waals surface area contributed by atoms with Crippen molar-refractivity contribution >= 4 is 17.2 Å². The van der Waals surface area contributed by atoms with E-state index in [1.165, 1.54) is 0 Å². The van der Waals surface area contributed by atoms with Crippen molar-refractivity contribution in [2.75, 3.05) is 46.1 Å². The molecular formula is C25H31N5O. The number of pyridine rings is 1. The van der Waals surface area contributed by atoms with Gasteiger partial charge in [0.2, 0.25) is 0 Å². The fourth-order valence-corrected chi connectivity index (χ4v) is 4.30. The third-order valence-electron chi connectivity index (χ3n) is 5.83. The predicted octanol–water partition coefficient (Wildman–Crippen LogP) is 4.06. The molecule has 6 heteroatoms. The van der Waals surface area contributed by atoms with Crippen LogP contribution >= 0.6 is 0 Å². The van der Waals surface area contributed by atoms with Crippen molar-refractivity contribution in [2.24, 2.45) is 5.92 Å². The topological polar surface area (TPSA) is 64.3 Å². The van der Waals surface area contributed by atoms with Crippen LogP contribution in [0.4, 0.5) is 11.4 Å². The van der Waals surface area contributed by atoms with Gasteiger partial charge < -0.3 is 20.1 Å². The quantitative estimate of drug-likeness (QED) is 0.579. The number of nitrogens with one attached hydrogen (secondary N) is 2. The van der Waals surface area contributed by atoms with Gasteiger partial charge in [0, 0.05) is 55.4 Å². The zero-order chi connectivity index (χ0) is 21.8. The molecule has 6 nitrogen and oxygen atoms in total. The summed E-state index contributed by atoms with van der Waals surface area (Å²) < 4.78 is 0. The van der Waals surface area contributed by atoms with E-state index in [1.807, 2.05) is 42.5 Å². The number of carbonyl (C=O) groups excluding carboxylic acids is 1. The molecule has 31 heavy (non-hydrogen) atoms. The molecule has 2 aromatic heterocycles. The van der Waals surface area contributed by atoms with Crippen molar-refractivity contribution < 1.29 is 4.79 Å². The molecule has 0 amide bonds. The van der Waals surface area contributed by atoms with Crippen molar-refractivity contribution in [2.45, 2.75) is 12.8 Å². The highest BCUT2D eigenvalue weighted by atomic mass is 16.1. The summed E-state index contributed by atoms with van der Waals surface area (Å²) in [6.07, 6.45) is 5.02. The lowest BCUT2D eigenvalue weighted by atomic mass is 9.86. The maximum Gasteiger partial charge on any atom is 0.167 e. The van der Waals surface area contributed by atoms with Crippen LogP contribution in [0.5, 0.6) is 0 Å². The molecule has 0 bridgehead atoms.